The van der Waals surface area contributed by atoms with Crippen molar-refractivity contribution in [2.75, 3.05) is 0 Å². The van der Waals surface area contributed by atoms with Gasteiger partial charge in [0.05, 0.1) is 5.41 Å². The summed E-state index contributed by atoms with van der Waals surface area (Å²) >= 11 is 3.43. The molecule has 0 bridgehead atoms. The molecular weight excluding hydrogens is 268 g/mol. The van der Waals surface area contributed by atoms with Gasteiger partial charge in [-0.2, -0.15) is 0 Å². The summed E-state index contributed by atoms with van der Waals surface area (Å²) in [5.41, 5.74) is 1.54. The zero-order valence-electron chi connectivity index (χ0n) is 9.29. The Morgan fingerprint density at radius 3 is 2.62 bits per heavy atom. The van der Waals surface area contributed by atoms with Crippen LogP contribution in [-0.4, -0.2) is 11.1 Å². The highest BCUT2D eigenvalue weighted by atomic mass is 79.9. The van der Waals surface area contributed by atoms with Crippen LogP contribution in [0.5, 0.6) is 0 Å². The summed E-state index contributed by atoms with van der Waals surface area (Å²) in [4.78, 5) is 11.5. The molecule has 0 amide bonds. The van der Waals surface area contributed by atoms with E-state index in [9.17, 15) is 9.90 Å². The van der Waals surface area contributed by atoms with Crippen LogP contribution in [0.4, 0.5) is 0 Å². The Kier molecular flexibility index (Phi) is 3.06. The van der Waals surface area contributed by atoms with E-state index in [1.165, 1.54) is 0 Å². The molecule has 0 saturated heterocycles. The number of hydrogen-bond donors (Lipinski definition) is 1. The minimum absolute atomic E-state index is 0.616. The summed E-state index contributed by atoms with van der Waals surface area (Å²) in [5, 5.41) is 9.43. The van der Waals surface area contributed by atoms with E-state index in [0.29, 0.717) is 0 Å². The first kappa shape index (κ1) is 11.6. The quantitative estimate of drug-likeness (QED) is 0.921. The molecule has 16 heavy (non-hydrogen) atoms. The zero-order chi connectivity index (χ0) is 11.8. The normalized spacial score (nSPS) is 17.9. The molecule has 1 aliphatic carbocycles. The van der Waals surface area contributed by atoms with Crippen molar-refractivity contribution in [2.45, 2.75) is 38.0 Å². The van der Waals surface area contributed by atoms with Gasteiger partial charge in [0.1, 0.15) is 0 Å². The van der Waals surface area contributed by atoms with E-state index >= 15 is 0 Å². The Morgan fingerprint density at radius 1 is 1.50 bits per heavy atom. The molecule has 1 N–H and O–H groups in total. The van der Waals surface area contributed by atoms with Crippen LogP contribution in [0, 0.1) is 0 Å². The van der Waals surface area contributed by atoms with Crippen LogP contribution in [0.25, 0.3) is 0 Å². The first-order valence-electron chi connectivity index (χ1n) is 5.62. The number of halogens is 1. The molecule has 1 saturated carbocycles. The molecule has 1 aliphatic rings. The molecule has 0 heterocycles. The van der Waals surface area contributed by atoms with Crippen molar-refractivity contribution in [1.29, 1.82) is 0 Å². The monoisotopic (exact) mass is 282 g/mol. The van der Waals surface area contributed by atoms with Crippen LogP contribution in [0.1, 0.15) is 37.3 Å². The summed E-state index contributed by atoms with van der Waals surface area (Å²) in [6, 6.07) is 5.99. The van der Waals surface area contributed by atoms with Crippen molar-refractivity contribution < 1.29 is 9.90 Å². The van der Waals surface area contributed by atoms with Gasteiger partial charge in [-0.15, -0.1) is 0 Å². The highest BCUT2D eigenvalue weighted by molar-refractivity contribution is 9.10. The maximum Gasteiger partial charge on any atom is 0.314 e. The van der Waals surface area contributed by atoms with Gasteiger partial charge < -0.3 is 5.11 Å². The number of rotatable bonds is 3. The Hall–Kier alpha value is -0.830. The average molecular weight is 283 g/mol. The van der Waals surface area contributed by atoms with E-state index in [4.69, 9.17) is 0 Å². The van der Waals surface area contributed by atoms with Crippen molar-refractivity contribution >= 4 is 21.9 Å². The SMILES string of the molecule is CCc1ccc(Br)cc1C1(C(=O)O)CCC1. The van der Waals surface area contributed by atoms with Crippen LogP contribution in [0.3, 0.4) is 0 Å². The smallest absolute Gasteiger partial charge is 0.314 e. The van der Waals surface area contributed by atoms with Crippen LogP contribution >= 0.6 is 15.9 Å². The van der Waals surface area contributed by atoms with Crippen molar-refractivity contribution in [3.05, 3.63) is 33.8 Å². The fourth-order valence-electron chi connectivity index (χ4n) is 2.43. The Morgan fingerprint density at radius 2 is 2.19 bits per heavy atom. The van der Waals surface area contributed by atoms with E-state index in [-0.39, 0.29) is 0 Å². The lowest BCUT2D eigenvalue weighted by Crippen LogP contribution is -2.43. The van der Waals surface area contributed by atoms with E-state index in [1.54, 1.807) is 0 Å². The van der Waals surface area contributed by atoms with Gasteiger partial charge >= 0.3 is 5.97 Å². The molecule has 1 fully saturated rings. The lowest BCUT2D eigenvalue weighted by Gasteiger charge is -2.39. The van der Waals surface area contributed by atoms with E-state index in [1.807, 2.05) is 18.2 Å². The third kappa shape index (κ3) is 1.67. The number of aliphatic carboxylic acids is 1. The molecule has 2 nitrogen and oxygen atoms in total. The minimum Gasteiger partial charge on any atom is -0.481 e. The largest absolute Gasteiger partial charge is 0.481 e. The van der Waals surface area contributed by atoms with Gasteiger partial charge in [0, 0.05) is 4.47 Å². The first-order chi connectivity index (χ1) is 7.60. The molecule has 1 aromatic carbocycles. The van der Waals surface area contributed by atoms with Crippen LogP contribution < -0.4 is 0 Å². The molecule has 0 unspecified atom stereocenters. The van der Waals surface area contributed by atoms with Crippen molar-refractivity contribution in [3.8, 4) is 0 Å². The summed E-state index contributed by atoms with van der Waals surface area (Å²) in [7, 11) is 0. The van der Waals surface area contributed by atoms with Gasteiger partial charge in [-0.25, -0.2) is 0 Å². The van der Waals surface area contributed by atoms with Crippen LogP contribution in [-0.2, 0) is 16.6 Å². The van der Waals surface area contributed by atoms with E-state index < -0.39 is 11.4 Å². The molecule has 0 spiro atoms. The van der Waals surface area contributed by atoms with Crippen molar-refractivity contribution in [1.82, 2.24) is 0 Å². The first-order valence-corrected chi connectivity index (χ1v) is 6.42. The van der Waals surface area contributed by atoms with E-state index in [0.717, 1.165) is 41.3 Å². The summed E-state index contributed by atoms with van der Waals surface area (Å²) in [6.45, 7) is 2.07. The second-order valence-electron chi connectivity index (χ2n) is 4.40. The fourth-order valence-corrected chi connectivity index (χ4v) is 2.79. The van der Waals surface area contributed by atoms with E-state index in [2.05, 4.69) is 22.9 Å². The van der Waals surface area contributed by atoms with Gasteiger partial charge in [-0.3, -0.25) is 4.79 Å². The van der Waals surface area contributed by atoms with Gasteiger partial charge in [-0.1, -0.05) is 35.3 Å². The van der Waals surface area contributed by atoms with Gasteiger partial charge in [0.2, 0.25) is 0 Å². The van der Waals surface area contributed by atoms with Crippen LogP contribution in [0.2, 0.25) is 0 Å². The number of aryl methyl sites for hydroxylation is 1. The number of carbonyl (C=O) groups is 1. The molecule has 0 aromatic heterocycles. The molecule has 0 radical (unpaired) electrons. The molecule has 2 rings (SSSR count). The Balaban J connectivity index is 2.52. The second kappa shape index (κ2) is 4.21. The number of hydrogen-bond acceptors (Lipinski definition) is 1. The van der Waals surface area contributed by atoms with Crippen molar-refractivity contribution in [2.24, 2.45) is 0 Å². The van der Waals surface area contributed by atoms with Crippen molar-refractivity contribution in [3.63, 3.8) is 0 Å². The van der Waals surface area contributed by atoms with Gasteiger partial charge in [-0.05, 0) is 42.5 Å². The van der Waals surface area contributed by atoms with Crippen LogP contribution in [0.15, 0.2) is 22.7 Å². The molecular formula is C13H15BrO2. The number of carboxylic acids is 1. The fraction of sp³-hybridized carbons (Fsp3) is 0.462. The topological polar surface area (TPSA) is 37.3 Å². The average Bonchev–Trinajstić information content (AvgIpc) is 2.15. The predicted molar refractivity (Wildman–Crippen MR) is 66.7 cm³/mol. The van der Waals surface area contributed by atoms with Gasteiger partial charge in [0.25, 0.3) is 0 Å². The maximum absolute atomic E-state index is 11.5. The summed E-state index contributed by atoms with van der Waals surface area (Å²) in [5.74, 6) is -0.674. The maximum atomic E-state index is 11.5. The Labute approximate surface area is 104 Å². The second-order valence-corrected chi connectivity index (χ2v) is 5.31. The third-order valence-corrected chi connectivity index (χ3v) is 4.08. The minimum atomic E-state index is -0.674. The molecule has 0 aliphatic heterocycles. The number of carboxylic acid groups (broad SMARTS) is 1. The standard InChI is InChI=1S/C13H15BrO2/c1-2-9-4-5-10(14)8-11(9)13(12(15)16)6-3-7-13/h4-5,8H,2-3,6-7H2,1H3,(H,15,16). The lowest BCUT2D eigenvalue weighted by atomic mass is 9.63. The zero-order valence-corrected chi connectivity index (χ0v) is 10.9. The number of benzene rings is 1. The van der Waals surface area contributed by atoms with Gasteiger partial charge in [0.15, 0.2) is 0 Å². The lowest BCUT2D eigenvalue weighted by molar-refractivity contribution is -0.147. The summed E-state index contributed by atoms with van der Waals surface area (Å²) in [6.07, 6.45) is 3.44. The molecule has 86 valence electrons. The highest BCUT2D eigenvalue weighted by Crippen LogP contribution is 2.46. The Bertz CT molecular complexity index is 422. The summed E-state index contributed by atoms with van der Waals surface area (Å²) < 4.78 is 0.965. The third-order valence-electron chi connectivity index (χ3n) is 3.58. The molecule has 3 heteroatoms. The molecule has 0 atom stereocenters. The molecule has 1 aromatic rings. The predicted octanol–water partition coefficient (Wildman–Crippen LogP) is 3.52. The highest BCUT2D eigenvalue weighted by Gasteiger charge is 2.46.